The zero-order valence-corrected chi connectivity index (χ0v) is 13.1. The van der Waals surface area contributed by atoms with Crippen molar-refractivity contribution in [2.75, 3.05) is 6.61 Å². The number of carbonyl (C=O) groups is 1. The van der Waals surface area contributed by atoms with Gasteiger partial charge in [-0.3, -0.25) is 0 Å². The molecule has 2 unspecified atom stereocenters. The molecule has 7 nitrogen and oxygen atoms in total. The van der Waals surface area contributed by atoms with Gasteiger partial charge in [0.25, 0.3) is 0 Å². The lowest BCUT2D eigenvalue weighted by molar-refractivity contribution is -0.926. The van der Waals surface area contributed by atoms with Gasteiger partial charge in [-0.05, 0) is 52.0 Å². The number of carboxylic acid groups (broad SMARTS) is 1. The molecular formula is C15H21N2O5. The Hall–Kier alpha value is -1.67. The third-order valence-corrected chi connectivity index (χ3v) is 4.74. The Morgan fingerprint density at radius 2 is 1.86 bits per heavy atom. The largest absolute Gasteiger partial charge is 0.632 e. The number of benzene rings is 1. The van der Waals surface area contributed by atoms with E-state index in [1.165, 1.54) is 0 Å². The fourth-order valence-corrected chi connectivity index (χ4v) is 2.53. The van der Waals surface area contributed by atoms with Gasteiger partial charge in [0.1, 0.15) is 16.8 Å². The first kappa shape index (κ1) is 16.7. The Bertz CT molecular complexity index is 536. The summed E-state index contributed by atoms with van der Waals surface area (Å²) in [4.78, 5) is 10.5. The van der Waals surface area contributed by atoms with Crippen LogP contribution in [0.15, 0.2) is 24.3 Å². The molecule has 2 N–H and O–H groups in total. The maximum atomic E-state index is 12.6. The molecule has 0 spiro atoms. The number of hydroxylamine groups is 4. The van der Waals surface area contributed by atoms with Crippen molar-refractivity contribution in [1.29, 1.82) is 0 Å². The van der Waals surface area contributed by atoms with E-state index in [1.807, 2.05) is 0 Å². The molecule has 7 heteroatoms. The third kappa shape index (κ3) is 2.56. The van der Waals surface area contributed by atoms with Crippen LogP contribution < -0.4 is 9.80 Å². The minimum Gasteiger partial charge on any atom is -0.632 e. The van der Waals surface area contributed by atoms with Crippen LogP contribution in [0.25, 0.3) is 0 Å². The van der Waals surface area contributed by atoms with Gasteiger partial charge in [0.05, 0.1) is 0 Å². The molecule has 0 aliphatic carbocycles. The molecule has 2 rings (SSSR count). The topological polar surface area (TPSA) is 97.2 Å². The Morgan fingerprint density at radius 3 is 2.27 bits per heavy atom. The second-order valence-corrected chi connectivity index (χ2v) is 6.53. The SMILES string of the molecule is CC1(C)N([O])C(c2ccc(OCC(=O)O)cc2)[NH+]([O-])C1(C)C. The standard InChI is InChI=1S/C15H21N2O5/c1-14(2)15(3,4)17(21)13(16(14)20)10-5-7-11(8-6-10)22-9-12(18)19/h5-8,13,16H,9H2,1-4H3,(H,18,19). The van der Waals surface area contributed by atoms with Crippen LogP contribution >= 0.6 is 0 Å². The van der Waals surface area contributed by atoms with Crippen LogP contribution in [0.3, 0.4) is 0 Å². The van der Waals surface area contributed by atoms with Gasteiger partial charge in [0, 0.05) is 5.56 Å². The highest BCUT2D eigenvalue weighted by Crippen LogP contribution is 2.37. The number of ether oxygens (including phenoxy) is 1. The van der Waals surface area contributed by atoms with Gasteiger partial charge in [0.2, 0.25) is 0 Å². The minimum absolute atomic E-state index is 0.119. The predicted octanol–water partition coefficient (Wildman–Crippen LogP) is 0.750. The molecule has 0 amide bonds. The molecule has 0 bridgehead atoms. The highest BCUT2D eigenvalue weighted by molar-refractivity contribution is 5.68. The van der Waals surface area contributed by atoms with Crippen molar-refractivity contribution in [3.05, 3.63) is 35.0 Å². The summed E-state index contributed by atoms with van der Waals surface area (Å²) < 4.78 is 5.04. The first-order valence-corrected chi connectivity index (χ1v) is 7.04. The number of rotatable bonds is 4. The molecule has 1 aliphatic heterocycles. The van der Waals surface area contributed by atoms with Crippen LogP contribution in [0.4, 0.5) is 0 Å². The number of nitrogens with zero attached hydrogens (tertiary/aromatic N) is 1. The average molecular weight is 309 g/mol. The molecule has 1 aromatic rings. The summed E-state index contributed by atoms with van der Waals surface area (Å²) in [6.07, 6.45) is -0.849. The van der Waals surface area contributed by atoms with Crippen LogP contribution in [0.1, 0.15) is 39.4 Å². The van der Waals surface area contributed by atoms with Crippen molar-refractivity contribution >= 4 is 5.97 Å². The molecule has 2 atom stereocenters. The summed E-state index contributed by atoms with van der Waals surface area (Å²) in [6.45, 7) is 6.66. The monoisotopic (exact) mass is 309 g/mol. The number of hydrogen-bond acceptors (Lipinski definition) is 4. The van der Waals surface area contributed by atoms with Crippen molar-refractivity contribution in [2.24, 2.45) is 0 Å². The molecule has 1 heterocycles. The van der Waals surface area contributed by atoms with E-state index < -0.39 is 29.8 Å². The molecular weight excluding hydrogens is 288 g/mol. The van der Waals surface area contributed by atoms with Crippen molar-refractivity contribution < 1.29 is 24.9 Å². The highest BCUT2D eigenvalue weighted by Gasteiger charge is 2.60. The van der Waals surface area contributed by atoms with Crippen LogP contribution in [0.5, 0.6) is 5.75 Å². The first-order chi connectivity index (χ1) is 10.1. The number of quaternary nitrogens is 1. The van der Waals surface area contributed by atoms with Crippen molar-refractivity contribution in [1.82, 2.24) is 5.06 Å². The van der Waals surface area contributed by atoms with Crippen molar-refractivity contribution in [2.45, 2.75) is 44.9 Å². The van der Waals surface area contributed by atoms with E-state index in [2.05, 4.69) is 0 Å². The summed E-state index contributed by atoms with van der Waals surface area (Å²) in [7, 11) is 0. The van der Waals surface area contributed by atoms with E-state index in [0.717, 1.165) is 5.06 Å². The Morgan fingerprint density at radius 1 is 1.32 bits per heavy atom. The van der Waals surface area contributed by atoms with Gasteiger partial charge >= 0.3 is 5.97 Å². The van der Waals surface area contributed by atoms with Crippen LogP contribution in [-0.4, -0.2) is 33.8 Å². The van der Waals surface area contributed by atoms with Gasteiger partial charge in [-0.15, -0.1) is 5.21 Å². The molecule has 1 radical (unpaired) electrons. The summed E-state index contributed by atoms with van der Waals surface area (Å²) in [5, 5.41) is 34.4. The zero-order valence-electron chi connectivity index (χ0n) is 13.1. The Labute approximate surface area is 129 Å². The summed E-state index contributed by atoms with van der Waals surface area (Å²) in [6, 6.07) is 6.39. The normalized spacial score (nSPS) is 26.8. The smallest absolute Gasteiger partial charge is 0.341 e. The highest BCUT2D eigenvalue weighted by atomic mass is 16.6. The van der Waals surface area contributed by atoms with Gasteiger partial charge in [0.15, 0.2) is 12.8 Å². The predicted molar refractivity (Wildman–Crippen MR) is 77.3 cm³/mol. The number of hydrogen-bond donors (Lipinski definition) is 2. The van der Waals surface area contributed by atoms with Gasteiger partial charge in [-0.2, -0.15) is 0 Å². The van der Waals surface area contributed by atoms with E-state index in [0.29, 0.717) is 11.3 Å². The number of nitrogens with one attached hydrogen (secondary N) is 1. The molecule has 1 aromatic carbocycles. The number of carboxylic acids is 1. The quantitative estimate of drug-likeness (QED) is 0.800. The summed E-state index contributed by atoms with van der Waals surface area (Å²) in [5.41, 5.74) is -0.966. The Kier molecular flexibility index (Phi) is 4.18. The van der Waals surface area contributed by atoms with E-state index in [1.54, 1.807) is 52.0 Å². The molecule has 1 saturated heterocycles. The fraction of sp³-hybridized carbons (Fsp3) is 0.533. The lowest BCUT2D eigenvalue weighted by Crippen LogP contribution is -3.14. The number of aliphatic carboxylic acids is 1. The maximum absolute atomic E-state index is 12.6. The lowest BCUT2D eigenvalue weighted by Gasteiger charge is -2.38. The minimum atomic E-state index is -1.07. The van der Waals surface area contributed by atoms with Gasteiger partial charge in [-0.25, -0.2) is 4.79 Å². The second-order valence-electron chi connectivity index (χ2n) is 6.53. The van der Waals surface area contributed by atoms with E-state index in [9.17, 15) is 15.2 Å². The molecule has 1 fully saturated rings. The summed E-state index contributed by atoms with van der Waals surface area (Å²) >= 11 is 0. The summed E-state index contributed by atoms with van der Waals surface area (Å²) in [5.74, 6) is -0.683. The van der Waals surface area contributed by atoms with Crippen LogP contribution in [0.2, 0.25) is 0 Å². The maximum Gasteiger partial charge on any atom is 0.341 e. The Balaban J connectivity index is 2.23. The molecule has 1 aliphatic rings. The first-order valence-electron chi connectivity index (χ1n) is 7.04. The van der Waals surface area contributed by atoms with Crippen LogP contribution in [0, 0.1) is 5.21 Å². The van der Waals surface area contributed by atoms with E-state index >= 15 is 0 Å². The van der Waals surface area contributed by atoms with Crippen molar-refractivity contribution in [3.8, 4) is 5.75 Å². The third-order valence-electron chi connectivity index (χ3n) is 4.74. The van der Waals surface area contributed by atoms with Gasteiger partial charge < -0.3 is 20.1 Å². The van der Waals surface area contributed by atoms with Crippen LogP contribution in [-0.2, 0) is 10.0 Å². The van der Waals surface area contributed by atoms with Crippen molar-refractivity contribution in [3.63, 3.8) is 0 Å². The molecule has 121 valence electrons. The second kappa shape index (κ2) is 5.51. The zero-order chi connectivity index (χ0) is 16.7. The van der Waals surface area contributed by atoms with Gasteiger partial charge in [-0.1, -0.05) is 5.06 Å². The fourth-order valence-electron chi connectivity index (χ4n) is 2.53. The lowest BCUT2D eigenvalue weighted by atomic mass is 9.84. The van der Waals surface area contributed by atoms with E-state index in [-0.39, 0.29) is 5.06 Å². The average Bonchev–Trinajstić information content (AvgIpc) is 2.56. The van der Waals surface area contributed by atoms with E-state index in [4.69, 9.17) is 9.84 Å². The molecule has 0 aromatic heterocycles. The molecule has 22 heavy (non-hydrogen) atoms. The molecule has 0 saturated carbocycles.